The van der Waals surface area contributed by atoms with E-state index >= 15 is 0 Å². The van der Waals surface area contributed by atoms with Gasteiger partial charge in [0.2, 0.25) is 0 Å². The van der Waals surface area contributed by atoms with Gasteiger partial charge in [0, 0.05) is 18.7 Å². The van der Waals surface area contributed by atoms with Crippen molar-refractivity contribution < 1.29 is 13.3 Å². The van der Waals surface area contributed by atoms with Gasteiger partial charge in [-0.25, -0.2) is 14.3 Å². The summed E-state index contributed by atoms with van der Waals surface area (Å²) in [4.78, 5) is 10.3. The summed E-state index contributed by atoms with van der Waals surface area (Å²) < 4.78 is 26.8. The molecule has 8 nitrogen and oxygen atoms in total. The van der Waals surface area contributed by atoms with Gasteiger partial charge in [-0.3, -0.25) is 10.1 Å². The molecule has 1 aliphatic rings. The van der Waals surface area contributed by atoms with Crippen LogP contribution >= 0.6 is 11.3 Å². The predicted octanol–water partition coefficient (Wildman–Crippen LogP) is 1.90. The van der Waals surface area contributed by atoms with Crippen LogP contribution in [0.3, 0.4) is 0 Å². The Morgan fingerprint density at radius 2 is 2.29 bits per heavy atom. The Morgan fingerprint density at radius 1 is 1.57 bits per heavy atom. The van der Waals surface area contributed by atoms with Crippen LogP contribution in [0.5, 0.6) is 0 Å². The molecular weight excluding hydrogens is 316 g/mol. The minimum absolute atomic E-state index is 0.0394. The zero-order valence-electron chi connectivity index (χ0n) is 11.6. The van der Waals surface area contributed by atoms with Gasteiger partial charge in [-0.2, -0.15) is 4.31 Å². The number of hydrogen-bond donors (Lipinski definition) is 2. The van der Waals surface area contributed by atoms with Crippen molar-refractivity contribution in [2.45, 2.75) is 42.9 Å². The number of thiophene rings is 1. The van der Waals surface area contributed by atoms with Crippen molar-refractivity contribution in [2.75, 3.05) is 12.0 Å². The van der Waals surface area contributed by atoms with Crippen molar-refractivity contribution in [3.8, 4) is 0 Å². The third-order valence-corrected chi connectivity index (χ3v) is 7.08. The quantitative estimate of drug-likeness (QED) is 0.482. The fourth-order valence-corrected chi connectivity index (χ4v) is 5.67. The summed E-state index contributed by atoms with van der Waals surface area (Å²) in [6.07, 6.45) is 3.37. The van der Waals surface area contributed by atoms with Crippen molar-refractivity contribution in [1.29, 1.82) is 0 Å². The number of nitrogen functional groups attached to an aromatic ring is 1. The molecule has 0 radical (unpaired) electrons. The first-order valence-corrected chi connectivity index (χ1v) is 8.94. The molecule has 0 aliphatic carbocycles. The molecule has 10 heteroatoms. The van der Waals surface area contributed by atoms with Gasteiger partial charge >= 0.3 is 5.69 Å². The minimum Gasteiger partial charge on any atom is -0.310 e. The number of nitro groups is 1. The lowest BCUT2D eigenvalue weighted by molar-refractivity contribution is -0.383. The highest BCUT2D eigenvalue weighted by molar-refractivity contribution is 7.91. The van der Waals surface area contributed by atoms with E-state index in [4.69, 9.17) is 5.84 Å². The first-order chi connectivity index (χ1) is 9.91. The highest BCUT2D eigenvalue weighted by atomic mass is 32.2. The summed E-state index contributed by atoms with van der Waals surface area (Å²) in [5, 5.41) is 11.0. The average Bonchev–Trinajstić information content (AvgIpc) is 2.92. The second kappa shape index (κ2) is 6.26. The van der Waals surface area contributed by atoms with Crippen LogP contribution in [0.25, 0.3) is 0 Å². The first kappa shape index (κ1) is 16.1. The van der Waals surface area contributed by atoms with E-state index in [1.54, 1.807) is 0 Å². The number of anilines is 1. The Kier molecular flexibility index (Phi) is 4.81. The Balaban J connectivity index is 2.41. The van der Waals surface area contributed by atoms with Crippen molar-refractivity contribution >= 4 is 32.0 Å². The number of sulfonamides is 1. The van der Waals surface area contributed by atoms with Crippen LogP contribution in [-0.2, 0) is 10.0 Å². The van der Waals surface area contributed by atoms with Gasteiger partial charge in [0.15, 0.2) is 5.00 Å². The zero-order valence-corrected chi connectivity index (χ0v) is 13.2. The summed E-state index contributed by atoms with van der Waals surface area (Å²) in [6, 6.07) is 1.04. The Bertz CT molecular complexity index is 628. The standard InChI is InChI=1S/C11H18N4O4S2/c1-2-8-5-3-4-6-14(8)21(18,19)10-7-9(15(16)17)11(13-12)20-10/h7-8,13H,2-6,12H2,1H3. The lowest BCUT2D eigenvalue weighted by Gasteiger charge is -2.33. The fourth-order valence-electron chi connectivity index (χ4n) is 2.54. The van der Waals surface area contributed by atoms with E-state index in [1.807, 2.05) is 6.92 Å². The van der Waals surface area contributed by atoms with E-state index in [1.165, 1.54) is 4.31 Å². The number of rotatable bonds is 5. The van der Waals surface area contributed by atoms with Gasteiger partial charge in [-0.05, 0) is 19.3 Å². The molecule has 21 heavy (non-hydrogen) atoms. The maximum Gasteiger partial charge on any atom is 0.306 e. The molecule has 118 valence electrons. The Labute approximate surface area is 127 Å². The lowest BCUT2D eigenvalue weighted by Crippen LogP contribution is -2.42. The number of hydrazine groups is 1. The lowest BCUT2D eigenvalue weighted by atomic mass is 10.0. The summed E-state index contributed by atoms with van der Waals surface area (Å²) in [6.45, 7) is 2.40. The Hall–Kier alpha value is -1.23. The van der Waals surface area contributed by atoms with Crippen LogP contribution in [0, 0.1) is 10.1 Å². The molecule has 1 saturated heterocycles. The molecule has 3 N–H and O–H groups in total. The number of hydrogen-bond acceptors (Lipinski definition) is 7. The normalized spacial score (nSPS) is 20.4. The third kappa shape index (κ3) is 3.03. The maximum atomic E-state index is 12.7. The van der Waals surface area contributed by atoms with Gasteiger partial charge < -0.3 is 5.43 Å². The molecule has 1 unspecified atom stereocenters. The summed E-state index contributed by atoms with van der Waals surface area (Å²) in [5.74, 6) is 5.22. The smallest absolute Gasteiger partial charge is 0.306 e. The molecule has 0 saturated carbocycles. The molecule has 1 aromatic heterocycles. The number of nitrogens with one attached hydrogen (secondary N) is 1. The van der Waals surface area contributed by atoms with Gasteiger partial charge in [0.25, 0.3) is 10.0 Å². The van der Waals surface area contributed by atoms with Crippen LogP contribution in [0.1, 0.15) is 32.6 Å². The topological polar surface area (TPSA) is 119 Å². The number of nitrogens with two attached hydrogens (primary N) is 1. The van der Waals surface area contributed by atoms with Gasteiger partial charge in [-0.1, -0.05) is 24.7 Å². The molecule has 1 aliphatic heterocycles. The third-order valence-electron chi connectivity index (χ3n) is 3.62. The second-order valence-electron chi connectivity index (χ2n) is 4.85. The van der Waals surface area contributed by atoms with Crippen LogP contribution < -0.4 is 11.3 Å². The highest BCUT2D eigenvalue weighted by Crippen LogP contribution is 2.39. The van der Waals surface area contributed by atoms with E-state index < -0.39 is 14.9 Å². The van der Waals surface area contributed by atoms with Crippen molar-refractivity contribution in [1.82, 2.24) is 4.31 Å². The molecular formula is C11H18N4O4S2. The van der Waals surface area contributed by atoms with Crippen LogP contribution in [0.4, 0.5) is 10.7 Å². The molecule has 1 aromatic rings. The molecule has 1 atom stereocenters. The molecule has 2 heterocycles. The number of piperidine rings is 1. The minimum atomic E-state index is -3.72. The highest BCUT2D eigenvalue weighted by Gasteiger charge is 2.35. The van der Waals surface area contributed by atoms with Crippen molar-refractivity contribution in [2.24, 2.45) is 5.84 Å². The van der Waals surface area contributed by atoms with E-state index in [9.17, 15) is 18.5 Å². The van der Waals surface area contributed by atoms with E-state index in [2.05, 4.69) is 5.43 Å². The average molecular weight is 334 g/mol. The van der Waals surface area contributed by atoms with Crippen molar-refractivity contribution in [3.05, 3.63) is 16.2 Å². The molecule has 0 amide bonds. The zero-order chi connectivity index (χ0) is 15.6. The van der Waals surface area contributed by atoms with E-state index in [0.717, 1.165) is 43.1 Å². The molecule has 0 bridgehead atoms. The molecule has 0 aromatic carbocycles. The summed E-state index contributed by atoms with van der Waals surface area (Å²) in [7, 11) is -3.72. The Morgan fingerprint density at radius 3 is 2.81 bits per heavy atom. The second-order valence-corrected chi connectivity index (χ2v) is 8.02. The van der Waals surface area contributed by atoms with E-state index in [-0.39, 0.29) is 20.9 Å². The predicted molar refractivity (Wildman–Crippen MR) is 80.6 cm³/mol. The fraction of sp³-hybridized carbons (Fsp3) is 0.636. The van der Waals surface area contributed by atoms with Gasteiger partial charge in [0.05, 0.1) is 4.92 Å². The molecule has 1 fully saturated rings. The van der Waals surface area contributed by atoms with Crippen LogP contribution in [0.2, 0.25) is 0 Å². The summed E-state index contributed by atoms with van der Waals surface area (Å²) in [5.41, 5.74) is 1.88. The largest absolute Gasteiger partial charge is 0.310 e. The van der Waals surface area contributed by atoms with E-state index in [0.29, 0.717) is 6.54 Å². The molecule has 2 rings (SSSR count). The van der Waals surface area contributed by atoms with Crippen molar-refractivity contribution in [3.63, 3.8) is 0 Å². The first-order valence-electron chi connectivity index (χ1n) is 6.68. The summed E-state index contributed by atoms with van der Waals surface area (Å²) >= 11 is 0.794. The monoisotopic (exact) mass is 334 g/mol. The maximum absolute atomic E-state index is 12.7. The molecule has 0 spiro atoms. The van der Waals surface area contributed by atoms with Gasteiger partial charge in [-0.15, -0.1) is 0 Å². The van der Waals surface area contributed by atoms with Crippen LogP contribution in [-0.4, -0.2) is 30.2 Å². The van der Waals surface area contributed by atoms with Crippen LogP contribution in [0.15, 0.2) is 10.3 Å². The number of nitrogens with zero attached hydrogens (tertiary/aromatic N) is 2. The van der Waals surface area contributed by atoms with Gasteiger partial charge in [0.1, 0.15) is 4.21 Å². The SMILES string of the molecule is CCC1CCCCN1S(=O)(=O)c1cc([N+](=O)[O-])c(NN)s1.